The lowest BCUT2D eigenvalue weighted by Gasteiger charge is -2.12. The molecule has 1 aromatic heterocycles. The van der Waals surface area contributed by atoms with Gasteiger partial charge in [-0.25, -0.2) is 8.42 Å². The summed E-state index contributed by atoms with van der Waals surface area (Å²) in [6.45, 7) is 1.73. The summed E-state index contributed by atoms with van der Waals surface area (Å²) in [5, 5.41) is 1.25. The molecule has 0 radical (unpaired) electrons. The Balaban J connectivity index is 1.81. The van der Waals surface area contributed by atoms with Gasteiger partial charge in [-0.3, -0.25) is 9.52 Å². The number of H-pyrrole nitrogens is 1. The van der Waals surface area contributed by atoms with Crippen LogP contribution in [0.25, 0.3) is 10.9 Å². The van der Waals surface area contributed by atoms with Crippen LogP contribution in [0.5, 0.6) is 0 Å². The monoisotopic (exact) mass is 388 g/mol. The Morgan fingerprint density at radius 2 is 1.96 bits per heavy atom. The van der Waals surface area contributed by atoms with Gasteiger partial charge >= 0.3 is 0 Å². The number of aromatic nitrogens is 1. The third-order valence-corrected chi connectivity index (χ3v) is 6.41. The minimum Gasteiger partial charge on any atom is -0.358 e. The molecule has 7 heteroatoms. The molecule has 2 aromatic carbocycles. The van der Waals surface area contributed by atoms with Gasteiger partial charge in [0.15, 0.2) is 5.78 Å². The summed E-state index contributed by atoms with van der Waals surface area (Å²) in [7, 11) is -3.78. The van der Waals surface area contributed by atoms with Crippen molar-refractivity contribution in [3.05, 3.63) is 58.2 Å². The lowest BCUT2D eigenvalue weighted by molar-refractivity contribution is 0.0974. The molecule has 0 spiro atoms. The highest BCUT2D eigenvalue weighted by Crippen LogP contribution is 2.32. The van der Waals surface area contributed by atoms with E-state index in [0.29, 0.717) is 33.8 Å². The topological polar surface area (TPSA) is 79.0 Å². The number of aryl methyl sites for hydroxylation is 2. The van der Waals surface area contributed by atoms with E-state index in [9.17, 15) is 13.2 Å². The zero-order chi connectivity index (χ0) is 18.5. The van der Waals surface area contributed by atoms with E-state index in [2.05, 4.69) is 9.71 Å². The van der Waals surface area contributed by atoms with Crippen molar-refractivity contribution in [1.82, 2.24) is 4.98 Å². The molecule has 2 N–H and O–H groups in total. The van der Waals surface area contributed by atoms with E-state index in [1.54, 1.807) is 43.3 Å². The fraction of sp³-hybridized carbons (Fsp3) is 0.211. The molecule has 0 unspecified atom stereocenters. The Morgan fingerprint density at radius 1 is 1.15 bits per heavy atom. The minimum atomic E-state index is -3.78. The highest BCUT2D eigenvalue weighted by Gasteiger charge is 2.25. The van der Waals surface area contributed by atoms with E-state index in [-0.39, 0.29) is 10.7 Å². The van der Waals surface area contributed by atoms with Gasteiger partial charge in [0.25, 0.3) is 10.0 Å². The highest BCUT2D eigenvalue weighted by atomic mass is 35.5. The van der Waals surface area contributed by atoms with Crippen molar-refractivity contribution in [3.63, 3.8) is 0 Å². The smallest absolute Gasteiger partial charge is 0.262 e. The number of hydrogen-bond donors (Lipinski definition) is 2. The van der Waals surface area contributed by atoms with Crippen molar-refractivity contribution < 1.29 is 13.2 Å². The normalized spacial score (nSPS) is 14.5. The van der Waals surface area contributed by atoms with Gasteiger partial charge in [0.1, 0.15) is 0 Å². The summed E-state index contributed by atoms with van der Waals surface area (Å²) >= 11 is 5.93. The van der Waals surface area contributed by atoms with E-state index in [4.69, 9.17) is 11.6 Å². The average Bonchev–Trinajstić information content (AvgIpc) is 2.92. The predicted molar refractivity (Wildman–Crippen MR) is 103 cm³/mol. The zero-order valence-corrected chi connectivity index (χ0v) is 15.7. The second kappa shape index (κ2) is 6.14. The lowest BCUT2D eigenvalue weighted by Crippen LogP contribution is -2.14. The predicted octanol–water partition coefficient (Wildman–Crippen LogP) is 4.45. The highest BCUT2D eigenvalue weighted by molar-refractivity contribution is 7.92. The quantitative estimate of drug-likeness (QED) is 0.695. The maximum atomic E-state index is 12.8. The summed E-state index contributed by atoms with van der Waals surface area (Å²) in [6.07, 6.45) is 2.16. The van der Waals surface area contributed by atoms with E-state index >= 15 is 0 Å². The summed E-state index contributed by atoms with van der Waals surface area (Å²) in [5.41, 5.74) is 3.27. The molecule has 0 amide bonds. The van der Waals surface area contributed by atoms with Crippen LogP contribution in [-0.2, 0) is 16.4 Å². The Hall–Kier alpha value is -2.31. The number of fused-ring (bicyclic) bond motifs is 3. The first-order valence-electron chi connectivity index (χ1n) is 8.32. The maximum Gasteiger partial charge on any atom is 0.262 e. The van der Waals surface area contributed by atoms with Crippen molar-refractivity contribution in [1.29, 1.82) is 0 Å². The van der Waals surface area contributed by atoms with Gasteiger partial charge in [-0.05, 0) is 55.7 Å². The SMILES string of the molecule is Cc1cc2c3c([nH]c2cc1S(=O)(=O)Nc1cccc(Cl)c1)CCCC3=O. The summed E-state index contributed by atoms with van der Waals surface area (Å²) in [6, 6.07) is 9.93. The molecule has 1 aliphatic carbocycles. The van der Waals surface area contributed by atoms with Crippen molar-refractivity contribution >= 4 is 44.0 Å². The van der Waals surface area contributed by atoms with Crippen molar-refractivity contribution in [2.24, 2.45) is 0 Å². The largest absolute Gasteiger partial charge is 0.358 e. The standard InChI is InChI=1S/C19H17ClN2O3S/c1-11-8-14-16(21-15-6-3-7-17(23)19(14)15)10-18(11)26(24,25)22-13-5-2-4-12(20)9-13/h2,4-5,8-10,21-22H,3,6-7H2,1H3. The van der Waals surface area contributed by atoms with Crippen LogP contribution in [0.4, 0.5) is 5.69 Å². The van der Waals surface area contributed by atoms with Gasteiger partial charge in [0.05, 0.1) is 10.6 Å². The summed E-state index contributed by atoms with van der Waals surface area (Å²) < 4.78 is 28.3. The molecule has 1 heterocycles. The third-order valence-electron chi connectivity index (χ3n) is 4.65. The first kappa shape index (κ1) is 17.1. The van der Waals surface area contributed by atoms with Crippen LogP contribution in [0.2, 0.25) is 5.02 Å². The van der Waals surface area contributed by atoms with Gasteiger partial charge in [-0.15, -0.1) is 0 Å². The van der Waals surface area contributed by atoms with Gasteiger partial charge in [-0.1, -0.05) is 17.7 Å². The molecule has 0 saturated carbocycles. The number of aromatic amines is 1. The fourth-order valence-electron chi connectivity index (χ4n) is 3.49. The van der Waals surface area contributed by atoms with Crippen LogP contribution >= 0.6 is 11.6 Å². The maximum absolute atomic E-state index is 12.8. The molecular formula is C19H17ClN2O3S. The Morgan fingerprint density at radius 3 is 2.73 bits per heavy atom. The van der Waals surface area contributed by atoms with Crippen molar-refractivity contribution in [2.45, 2.75) is 31.1 Å². The number of anilines is 1. The van der Waals surface area contributed by atoms with Crippen molar-refractivity contribution in [2.75, 3.05) is 4.72 Å². The van der Waals surface area contributed by atoms with Crippen LogP contribution in [0, 0.1) is 6.92 Å². The average molecular weight is 389 g/mol. The van der Waals surface area contributed by atoms with Gasteiger partial charge < -0.3 is 4.98 Å². The lowest BCUT2D eigenvalue weighted by atomic mass is 9.94. The molecule has 0 saturated heterocycles. The van der Waals surface area contributed by atoms with Gasteiger partial charge in [-0.2, -0.15) is 0 Å². The first-order chi connectivity index (χ1) is 12.3. The Bertz CT molecular complexity index is 1150. The fourth-order valence-corrected chi connectivity index (χ4v) is 4.99. The molecule has 1 aliphatic rings. The number of carbonyl (C=O) groups is 1. The van der Waals surface area contributed by atoms with E-state index in [1.165, 1.54) is 0 Å². The van der Waals surface area contributed by atoms with E-state index in [1.807, 2.05) is 0 Å². The molecule has 3 aromatic rings. The summed E-state index contributed by atoms with van der Waals surface area (Å²) in [5.74, 6) is 0.115. The second-order valence-corrected chi connectivity index (χ2v) is 8.62. The van der Waals surface area contributed by atoms with E-state index in [0.717, 1.165) is 23.9 Å². The van der Waals surface area contributed by atoms with Crippen LogP contribution in [-0.4, -0.2) is 19.2 Å². The molecule has 134 valence electrons. The molecule has 4 rings (SSSR count). The number of sulfonamides is 1. The zero-order valence-electron chi connectivity index (χ0n) is 14.1. The van der Waals surface area contributed by atoms with Crippen LogP contribution in [0.15, 0.2) is 41.3 Å². The van der Waals surface area contributed by atoms with Crippen LogP contribution in [0.1, 0.15) is 34.5 Å². The van der Waals surface area contributed by atoms with Crippen LogP contribution < -0.4 is 4.72 Å². The Labute approximate surface area is 156 Å². The molecule has 0 fully saturated rings. The van der Waals surface area contributed by atoms with Gasteiger partial charge in [0, 0.05) is 33.6 Å². The molecule has 5 nitrogen and oxygen atoms in total. The van der Waals surface area contributed by atoms with Gasteiger partial charge in [0.2, 0.25) is 0 Å². The minimum absolute atomic E-state index is 0.115. The number of nitrogens with one attached hydrogen (secondary N) is 2. The summed E-state index contributed by atoms with van der Waals surface area (Å²) in [4.78, 5) is 15.7. The molecule has 26 heavy (non-hydrogen) atoms. The number of rotatable bonds is 3. The number of benzene rings is 2. The number of ketones is 1. The number of hydrogen-bond acceptors (Lipinski definition) is 3. The number of carbonyl (C=O) groups excluding carboxylic acids is 1. The molecular weight excluding hydrogens is 372 g/mol. The second-order valence-electron chi connectivity index (χ2n) is 6.53. The first-order valence-corrected chi connectivity index (χ1v) is 10.2. The van der Waals surface area contributed by atoms with Crippen LogP contribution in [0.3, 0.4) is 0 Å². The number of Topliss-reactive ketones (excluding diaryl/α,β-unsaturated/α-hetero) is 1. The molecule has 0 aliphatic heterocycles. The number of halogens is 1. The van der Waals surface area contributed by atoms with E-state index < -0.39 is 10.0 Å². The molecule has 0 atom stereocenters. The Kier molecular flexibility index (Phi) is 4.04. The third kappa shape index (κ3) is 2.89. The molecule has 0 bridgehead atoms. The van der Waals surface area contributed by atoms with Crippen molar-refractivity contribution in [3.8, 4) is 0 Å².